The second-order valence-electron chi connectivity index (χ2n) is 8.12. The lowest BCUT2D eigenvalue weighted by atomic mass is 9.96. The van der Waals surface area contributed by atoms with E-state index in [4.69, 9.17) is 5.73 Å². The smallest absolute Gasteiger partial charge is 0.314 e. The number of carbonyl (C=O) groups is 2. The summed E-state index contributed by atoms with van der Waals surface area (Å²) >= 11 is 0. The topological polar surface area (TPSA) is 69.9 Å². The van der Waals surface area contributed by atoms with Crippen LogP contribution in [0, 0.1) is 5.92 Å². The Balaban J connectivity index is 1.48. The van der Waals surface area contributed by atoms with Gasteiger partial charge in [0.05, 0.1) is 5.92 Å². The predicted octanol–water partition coefficient (Wildman–Crippen LogP) is 2.24. The molecule has 6 nitrogen and oxygen atoms in total. The Labute approximate surface area is 162 Å². The van der Waals surface area contributed by atoms with Gasteiger partial charge in [0.15, 0.2) is 0 Å². The zero-order chi connectivity index (χ0) is 19.4. The lowest BCUT2D eigenvalue weighted by molar-refractivity contribution is -0.138. The third-order valence-electron chi connectivity index (χ3n) is 5.82. The molecule has 2 N–H and O–H groups in total. The van der Waals surface area contributed by atoms with Crippen molar-refractivity contribution >= 4 is 11.9 Å². The molecule has 3 rings (SSSR count). The Morgan fingerprint density at radius 2 is 1.70 bits per heavy atom. The summed E-state index contributed by atoms with van der Waals surface area (Å²) in [5.74, 6) is 0.641. The molecule has 0 aliphatic carbocycles. The quantitative estimate of drug-likeness (QED) is 0.881. The van der Waals surface area contributed by atoms with Crippen LogP contribution in [0.15, 0.2) is 24.3 Å². The fourth-order valence-corrected chi connectivity index (χ4v) is 4.03. The van der Waals surface area contributed by atoms with Gasteiger partial charge in [-0.3, -0.25) is 9.69 Å². The van der Waals surface area contributed by atoms with E-state index in [2.05, 4.69) is 43.0 Å². The normalized spacial score (nSPS) is 21.5. The number of nitrogens with zero attached hydrogens (tertiary/aromatic N) is 3. The predicted molar refractivity (Wildman–Crippen MR) is 106 cm³/mol. The van der Waals surface area contributed by atoms with Gasteiger partial charge in [0.25, 0.3) is 0 Å². The van der Waals surface area contributed by atoms with Crippen molar-refractivity contribution in [1.82, 2.24) is 14.7 Å². The zero-order valence-electron chi connectivity index (χ0n) is 16.6. The monoisotopic (exact) mass is 372 g/mol. The van der Waals surface area contributed by atoms with Gasteiger partial charge in [-0.05, 0) is 29.9 Å². The number of hydrogen-bond acceptors (Lipinski definition) is 3. The molecule has 0 radical (unpaired) electrons. The third kappa shape index (κ3) is 5.01. The molecular formula is C21H32N4O2. The first-order valence-corrected chi connectivity index (χ1v) is 10.1. The number of piperidine rings is 1. The first-order chi connectivity index (χ1) is 12.9. The molecule has 0 spiro atoms. The van der Waals surface area contributed by atoms with Crippen molar-refractivity contribution in [1.29, 1.82) is 0 Å². The van der Waals surface area contributed by atoms with E-state index >= 15 is 0 Å². The van der Waals surface area contributed by atoms with Crippen molar-refractivity contribution in [3.63, 3.8) is 0 Å². The summed E-state index contributed by atoms with van der Waals surface area (Å²) in [5, 5.41) is 0. The van der Waals surface area contributed by atoms with E-state index in [0.717, 1.165) is 45.6 Å². The largest absolute Gasteiger partial charge is 0.351 e. The van der Waals surface area contributed by atoms with E-state index in [0.29, 0.717) is 19.0 Å². The van der Waals surface area contributed by atoms with E-state index in [9.17, 15) is 9.59 Å². The number of amides is 3. The molecule has 1 aromatic rings. The van der Waals surface area contributed by atoms with Gasteiger partial charge in [0.1, 0.15) is 0 Å². The molecule has 2 saturated heterocycles. The first-order valence-electron chi connectivity index (χ1n) is 10.1. The van der Waals surface area contributed by atoms with Crippen LogP contribution in [0.2, 0.25) is 0 Å². The summed E-state index contributed by atoms with van der Waals surface area (Å²) in [6, 6.07) is 8.45. The second-order valence-corrected chi connectivity index (χ2v) is 8.12. The molecule has 0 aromatic heterocycles. The summed E-state index contributed by atoms with van der Waals surface area (Å²) in [6.07, 6.45) is 1.71. The Kier molecular flexibility index (Phi) is 6.37. The average Bonchev–Trinajstić information content (AvgIpc) is 2.68. The first kappa shape index (κ1) is 19.7. The number of benzene rings is 1. The highest BCUT2D eigenvalue weighted by Crippen LogP contribution is 2.20. The molecule has 2 heterocycles. The highest BCUT2D eigenvalue weighted by Gasteiger charge is 2.32. The molecule has 6 heteroatoms. The molecule has 0 saturated carbocycles. The van der Waals surface area contributed by atoms with Crippen LogP contribution in [0.1, 0.15) is 43.7 Å². The Morgan fingerprint density at radius 3 is 2.30 bits per heavy atom. The molecule has 1 aromatic carbocycles. The number of likely N-dealkylation sites (tertiary alicyclic amines) is 1. The fraction of sp³-hybridized carbons (Fsp3) is 0.619. The Bertz CT molecular complexity index is 651. The molecule has 1 atom stereocenters. The minimum absolute atomic E-state index is 0.0959. The van der Waals surface area contributed by atoms with Crippen molar-refractivity contribution in [2.24, 2.45) is 11.7 Å². The second kappa shape index (κ2) is 8.74. The lowest BCUT2D eigenvalue weighted by Crippen LogP contribution is -2.53. The molecule has 3 amide bonds. The van der Waals surface area contributed by atoms with Gasteiger partial charge < -0.3 is 15.5 Å². The Morgan fingerprint density at radius 1 is 1.04 bits per heavy atom. The SMILES string of the molecule is CC(C)c1ccc(CN2CCN(C(=O)[C@H]3CCCN(C(N)=O)C3)CC2)cc1. The van der Waals surface area contributed by atoms with Crippen molar-refractivity contribution in [3.8, 4) is 0 Å². The molecule has 148 valence electrons. The number of rotatable bonds is 4. The van der Waals surface area contributed by atoms with Crippen LogP contribution in [-0.2, 0) is 11.3 Å². The van der Waals surface area contributed by atoms with Crippen molar-refractivity contribution in [2.45, 2.75) is 39.2 Å². The molecule has 2 fully saturated rings. The van der Waals surface area contributed by atoms with E-state index < -0.39 is 6.03 Å². The summed E-state index contributed by atoms with van der Waals surface area (Å²) in [7, 11) is 0. The van der Waals surface area contributed by atoms with E-state index in [1.165, 1.54) is 11.1 Å². The van der Waals surface area contributed by atoms with Gasteiger partial charge in [0.2, 0.25) is 5.91 Å². The molecular weight excluding hydrogens is 340 g/mol. The van der Waals surface area contributed by atoms with Gasteiger partial charge >= 0.3 is 6.03 Å². The van der Waals surface area contributed by atoms with Crippen molar-refractivity contribution < 1.29 is 9.59 Å². The van der Waals surface area contributed by atoms with Crippen LogP contribution in [-0.4, -0.2) is 65.9 Å². The van der Waals surface area contributed by atoms with Crippen LogP contribution in [0.25, 0.3) is 0 Å². The number of hydrogen-bond donors (Lipinski definition) is 1. The van der Waals surface area contributed by atoms with E-state index in [1.807, 2.05) is 4.90 Å². The number of urea groups is 1. The van der Waals surface area contributed by atoms with E-state index in [1.54, 1.807) is 4.90 Å². The number of carbonyl (C=O) groups excluding carboxylic acids is 2. The number of primary amides is 1. The zero-order valence-corrected chi connectivity index (χ0v) is 16.6. The van der Waals surface area contributed by atoms with Crippen LogP contribution in [0.5, 0.6) is 0 Å². The molecule has 0 bridgehead atoms. The molecule has 2 aliphatic heterocycles. The van der Waals surface area contributed by atoms with E-state index in [-0.39, 0.29) is 11.8 Å². The highest BCUT2D eigenvalue weighted by atomic mass is 16.2. The van der Waals surface area contributed by atoms with Gasteiger partial charge in [-0.2, -0.15) is 0 Å². The minimum Gasteiger partial charge on any atom is -0.351 e. The van der Waals surface area contributed by atoms with Gasteiger partial charge in [-0.1, -0.05) is 38.1 Å². The Hall–Kier alpha value is -2.08. The maximum absolute atomic E-state index is 12.8. The standard InChI is InChI=1S/C21H32N4O2/c1-16(2)18-7-5-17(6-8-18)14-23-10-12-24(13-11-23)20(26)19-4-3-9-25(15-19)21(22)27/h5-8,16,19H,3-4,9-15H2,1-2H3,(H2,22,27)/t19-/m0/s1. The van der Waals surface area contributed by atoms with Gasteiger partial charge in [-0.25, -0.2) is 4.79 Å². The maximum atomic E-state index is 12.8. The summed E-state index contributed by atoms with van der Waals surface area (Å²) in [4.78, 5) is 30.2. The van der Waals surface area contributed by atoms with Gasteiger partial charge in [0, 0.05) is 45.8 Å². The third-order valence-corrected chi connectivity index (χ3v) is 5.82. The number of piperazine rings is 1. The fourth-order valence-electron chi connectivity index (χ4n) is 4.03. The van der Waals surface area contributed by atoms with Crippen molar-refractivity contribution in [2.75, 3.05) is 39.3 Å². The molecule has 0 unspecified atom stereocenters. The summed E-state index contributed by atoms with van der Waals surface area (Å²) in [6.45, 7) is 9.79. The maximum Gasteiger partial charge on any atom is 0.314 e. The highest BCUT2D eigenvalue weighted by molar-refractivity contribution is 5.80. The summed E-state index contributed by atoms with van der Waals surface area (Å²) in [5.41, 5.74) is 8.07. The minimum atomic E-state index is -0.416. The van der Waals surface area contributed by atoms with Crippen LogP contribution in [0.3, 0.4) is 0 Å². The van der Waals surface area contributed by atoms with Crippen LogP contribution >= 0.6 is 0 Å². The van der Waals surface area contributed by atoms with Crippen LogP contribution < -0.4 is 5.73 Å². The van der Waals surface area contributed by atoms with Crippen molar-refractivity contribution in [3.05, 3.63) is 35.4 Å². The lowest BCUT2D eigenvalue weighted by Gasteiger charge is -2.38. The van der Waals surface area contributed by atoms with Gasteiger partial charge in [-0.15, -0.1) is 0 Å². The molecule has 27 heavy (non-hydrogen) atoms. The molecule has 2 aliphatic rings. The average molecular weight is 373 g/mol. The number of nitrogens with two attached hydrogens (primary N) is 1. The summed E-state index contributed by atoms with van der Waals surface area (Å²) < 4.78 is 0. The van der Waals surface area contributed by atoms with Crippen LogP contribution in [0.4, 0.5) is 4.79 Å².